The Hall–Kier alpha value is -1.91. The highest BCUT2D eigenvalue weighted by atomic mass is 35.5. The van der Waals surface area contributed by atoms with Crippen LogP contribution in [0.5, 0.6) is 5.75 Å². The van der Waals surface area contributed by atoms with Gasteiger partial charge in [0, 0.05) is 5.02 Å². The van der Waals surface area contributed by atoms with E-state index in [1.807, 2.05) is 0 Å². The van der Waals surface area contributed by atoms with Gasteiger partial charge in [0.1, 0.15) is 5.75 Å². The molecule has 2 N–H and O–H groups in total. The van der Waals surface area contributed by atoms with Crippen molar-refractivity contribution in [3.05, 3.63) is 52.0 Å². The lowest BCUT2D eigenvalue weighted by Gasteiger charge is -2.11. The van der Waals surface area contributed by atoms with Crippen LogP contribution in [0.3, 0.4) is 0 Å². The van der Waals surface area contributed by atoms with Crippen molar-refractivity contribution in [1.29, 1.82) is 0 Å². The van der Waals surface area contributed by atoms with E-state index in [1.54, 1.807) is 18.2 Å². The van der Waals surface area contributed by atoms with E-state index in [2.05, 4.69) is 10.1 Å². The fourth-order valence-electron chi connectivity index (χ4n) is 1.62. The molecule has 0 aliphatic heterocycles. The second-order valence-electron chi connectivity index (χ2n) is 3.97. The molecule has 0 bridgehead atoms. The van der Waals surface area contributed by atoms with Crippen molar-refractivity contribution in [3.8, 4) is 5.75 Å². The number of anilines is 2. The summed E-state index contributed by atoms with van der Waals surface area (Å²) in [7, 11) is 1.29. The lowest BCUT2D eigenvalue weighted by atomic mass is 10.1. The van der Waals surface area contributed by atoms with Gasteiger partial charge in [0.25, 0.3) is 0 Å². The molecule has 0 saturated heterocycles. The molecule has 0 aliphatic carbocycles. The van der Waals surface area contributed by atoms with Crippen LogP contribution in [0.25, 0.3) is 0 Å². The summed E-state index contributed by atoms with van der Waals surface area (Å²) in [4.78, 5) is 11.5. The van der Waals surface area contributed by atoms with Gasteiger partial charge in [-0.15, -0.1) is 0 Å². The quantitative estimate of drug-likeness (QED) is 0.658. The van der Waals surface area contributed by atoms with E-state index in [0.29, 0.717) is 27.0 Å². The van der Waals surface area contributed by atoms with Gasteiger partial charge in [0.15, 0.2) is 0 Å². The second kappa shape index (κ2) is 6.03. The molecule has 4 nitrogen and oxygen atoms in total. The molecular formula is C14H11Cl2NO3. The van der Waals surface area contributed by atoms with Crippen LogP contribution in [-0.2, 0) is 4.74 Å². The number of hydrogen-bond acceptors (Lipinski definition) is 4. The van der Waals surface area contributed by atoms with Crippen LogP contribution in [0.4, 0.5) is 11.4 Å². The predicted molar refractivity (Wildman–Crippen MR) is 79.2 cm³/mol. The molecule has 0 radical (unpaired) electrons. The molecule has 0 aliphatic rings. The molecule has 2 aromatic carbocycles. The van der Waals surface area contributed by atoms with Crippen LogP contribution in [0.1, 0.15) is 10.4 Å². The Morgan fingerprint density at radius 1 is 1.15 bits per heavy atom. The van der Waals surface area contributed by atoms with Gasteiger partial charge in [-0.05, 0) is 36.4 Å². The highest BCUT2D eigenvalue weighted by Crippen LogP contribution is 2.32. The fourth-order valence-corrected chi connectivity index (χ4v) is 1.96. The van der Waals surface area contributed by atoms with Crippen LogP contribution in [0.2, 0.25) is 10.0 Å². The normalized spacial score (nSPS) is 10.2. The molecule has 0 saturated carbocycles. The number of methoxy groups -OCH3 is 1. The van der Waals surface area contributed by atoms with Gasteiger partial charge in [-0.3, -0.25) is 0 Å². The first kappa shape index (κ1) is 14.5. The van der Waals surface area contributed by atoms with Gasteiger partial charge in [0.05, 0.1) is 29.1 Å². The van der Waals surface area contributed by atoms with Crippen LogP contribution in [0.15, 0.2) is 36.4 Å². The van der Waals surface area contributed by atoms with Crippen molar-refractivity contribution in [2.24, 2.45) is 0 Å². The molecule has 0 amide bonds. The monoisotopic (exact) mass is 311 g/mol. The molecule has 104 valence electrons. The van der Waals surface area contributed by atoms with Crippen molar-refractivity contribution in [2.45, 2.75) is 0 Å². The van der Waals surface area contributed by atoms with E-state index in [1.165, 1.54) is 25.3 Å². The number of aromatic hydroxyl groups is 1. The number of ether oxygens (including phenoxy) is 1. The van der Waals surface area contributed by atoms with Crippen molar-refractivity contribution >= 4 is 40.5 Å². The van der Waals surface area contributed by atoms with Crippen molar-refractivity contribution in [3.63, 3.8) is 0 Å². The van der Waals surface area contributed by atoms with Crippen LogP contribution < -0.4 is 5.32 Å². The molecule has 0 heterocycles. The first-order valence-electron chi connectivity index (χ1n) is 5.64. The predicted octanol–water partition coefficient (Wildman–Crippen LogP) is 4.23. The SMILES string of the molecule is COC(=O)c1ccc(O)c(Nc2cc(Cl)ccc2Cl)c1. The number of nitrogens with one attached hydrogen (secondary N) is 1. The summed E-state index contributed by atoms with van der Waals surface area (Å²) < 4.78 is 4.63. The van der Waals surface area contributed by atoms with Crippen LogP contribution >= 0.6 is 23.2 Å². The Bertz CT molecular complexity index is 659. The minimum atomic E-state index is -0.495. The van der Waals surface area contributed by atoms with E-state index in [-0.39, 0.29) is 5.75 Å². The van der Waals surface area contributed by atoms with Crippen LogP contribution in [-0.4, -0.2) is 18.2 Å². The second-order valence-corrected chi connectivity index (χ2v) is 4.82. The third kappa shape index (κ3) is 3.15. The maximum atomic E-state index is 11.5. The first-order chi connectivity index (χ1) is 9.51. The molecule has 0 fully saturated rings. The number of phenolic OH excluding ortho intramolecular Hbond substituents is 1. The summed E-state index contributed by atoms with van der Waals surface area (Å²) >= 11 is 11.9. The number of carbonyl (C=O) groups is 1. The number of phenols is 1. The summed E-state index contributed by atoms with van der Waals surface area (Å²) in [5.74, 6) is -0.515. The number of esters is 1. The zero-order valence-corrected chi connectivity index (χ0v) is 12.0. The Kier molecular flexibility index (Phi) is 4.37. The summed E-state index contributed by atoms with van der Waals surface area (Å²) in [5, 5.41) is 13.7. The van der Waals surface area contributed by atoms with Gasteiger partial charge in [-0.25, -0.2) is 4.79 Å². The molecule has 0 aromatic heterocycles. The van der Waals surface area contributed by atoms with Crippen molar-refractivity contribution in [2.75, 3.05) is 12.4 Å². The Morgan fingerprint density at radius 3 is 2.60 bits per heavy atom. The molecule has 0 spiro atoms. The van der Waals surface area contributed by atoms with Gasteiger partial charge in [-0.1, -0.05) is 23.2 Å². The summed E-state index contributed by atoms with van der Waals surface area (Å²) in [6.45, 7) is 0. The minimum Gasteiger partial charge on any atom is -0.506 e. The Balaban J connectivity index is 2.37. The fraction of sp³-hybridized carbons (Fsp3) is 0.0714. The molecule has 2 rings (SSSR count). The maximum absolute atomic E-state index is 11.5. The van der Waals surface area contributed by atoms with E-state index >= 15 is 0 Å². The smallest absolute Gasteiger partial charge is 0.337 e. The lowest BCUT2D eigenvalue weighted by molar-refractivity contribution is 0.0601. The van der Waals surface area contributed by atoms with Gasteiger partial charge < -0.3 is 15.2 Å². The molecule has 2 aromatic rings. The van der Waals surface area contributed by atoms with Gasteiger partial charge >= 0.3 is 5.97 Å². The average molecular weight is 312 g/mol. The first-order valence-corrected chi connectivity index (χ1v) is 6.40. The summed E-state index contributed by atoms with van der Waals surface area (Å²) in [5.41, 5.74) is 1.17. The number of halogens is 2. The number of benzene rings is 2. The van der Waals surface area contributed by atoms with E-state index < -0.39 is 5.97 Å². The Labute approximate surface area is 125 Å². The molecular weight excluding hydrogens is 301 g/mol. The zero-order chi connectivity index (χ0) is 14.7. The standard InChI is InChI=1S/C14H11Cl2NO3/c1-20-14(19)8-2-5-13(18)12(6-8)17-11-7-9(15)3-4-10(11)16/h2-7,17-18H,1H3. The molecule has 6 heteroatoms. The molecule has 0 unspecified atom stereocenters. The van der Waals surface area contributed by atoms with Crippen molar-refractivity contribution < 1.29 is 14.6 Å². The topological polar surface area (TPSA) is 58.6 Å². The maximum Gasteiger partial charge on any atom is 0.337 e. The highest BCUT2D eigenvalue weighted by Gasteiger charge is 2.11. The molecule has 20 heavy (non-hydrogen) atoms. The van der Waals surface area contributed by atoms with E-state index in [9.17, 15) is 9.90 Å². The third-order valence-electron chi connectivity index (χ3n) is 2.62. The number of hydrogen-bond donors (Lipinski definition) is 2. The summed E-state index contributed by atoms with van der Waals surface area (Å²) in [6.07, 6.45) is 0. The average Bonchev–Trinajstić information content (AvgIpc) is 2.44. The highest BCUT2D eigenvalue weighted by molar-refractivity contribution is 6.35. The van der Waals surface area contributed by atoms with Gasteiger partial charge in [-0.2, -0.15) is 0 Å². The number of rotatable bonds is 3. The van der Waals surface area contributed by atoms with Gasteiger partial charge in [0.2, 0.25) is 0 Å². The number of carbonyl (C=O) groups excluding carboxylic acids is 1. The van der Waals surface area contributed by atoms with Crippen molar-refractivity contribution in [1.82, 2.24) is 0 Å². The third-order valence-corrected chi connectivity index (χ3v) is 3.18. The zero-order valence-electron chi connectivity index (χ0n) is 10.5. The minimum absolute atomic E-state index is 0.0197. The summed E-state index contributed by atoms with van der Waals surface area (Å²) in [6, 6.07) is 9.23. The largest absolute Gasteiger partial charge is 0.506 e. The van der Waals surface area contributed by atoms with E-state index in [0.717, 1.165) is 0 Å². The lowest BCUT2D eigenvalue weighted by Crippen LogP contribution is -2.02. The molecule has 0 atom stereocenters. The Morgan fingerprint density at radius 2 is 1.90 bits per heavy atom. The van der Waals surface area contributed by atoms with Crippen LogP contribution in [0, 0.1) is 0 Å². The van der Waals surface area contributed by atoms with E-state index in [4.69, 9.17) is 23.2 Å².